The zero-order valence-corrected chi connectivity index (χ0v) is 20.3. The quantitative estimate of drug-likeness (QED) is 0.629. The Bertz CT molecular complexity index is 1010. The number of anilines is 1. The highest BCUT2D eigenvalue weighted by molar-refractivity contribution is 8.14. The fourth-order valence-corrected chi connectivity index (χ4v) is 6.24. The molecule has 2 N–H and O–H groups in total. The summed E-state index contributed by atoms with van der Waals surface area (Å²) >= 11 is 8.16. The van der Waals surface area contributed by atoms with Crippen LogP contribution in [0, 0.1) is 0 Å². The number of hydrogen-bond donors (Lipinski definition) is 2. The second-order valence-corrected chi connectivity index (χ2v) is 10.9. The summed E-state index contributed by atoms with van der Waals surface area (Å²) in [4.78, 5) is 25.7. The standard InChI is InChI=1S/C24H32ClN5OS/c1-29-6-8-30(9-7-29)14-20(31)13-19-15-32-24(27-19)22-11-16-10-17(25)12-21(23(16)28-22)26-18-4-2-3-5-18/h10-12,18-19,26,28H,2-9,13-15H2,1H3. The van der Waals surface area contributed by atoms with Gasteiger partial charge >= 0.3 is 0 Å². The lowest BCUT2D eigenvalue weighted by Gasteiger charge is -2.31. The molecule has 0 amide bonds. The molecule has 0 spiro atoms. The number of nitrogens with zero attached hydrogens (tertiary/aromatic N) is 3. The maximum Gasteiger partial charge on any atom is 0.149 e. The van der Waals surface area contributed by atoms with Crippen LogP contribution in [0.15, 0.2) is 23.2 Å². The van der Waals surface area contributed by atoms with Crippen molar-refractivity contribution >= 4 is 50.8 Å². The number of piperazine rings is 1. The van der Waals surface area contributed by atoms with Gasteiger partial charge in [0.15, 0.2) is 0 Å². The van der Waals surface area contributed by atoms with E-state index in [0.29, 0.717) is 24.8 Å². The number of H-pyrrole nitrogens is 1. The lowest BCUT2D eigenvalue weighted by Crippen LogP contribution is -2.46. The number of Topliss-reactive ketones (excluding diaryl/α,β-unsaturated/α-hetero) is 1. The molecule has 8 heteroatoms. The van der Waals surface area contributed by atoms with Gasteiger partial charge in [-0.3, -0.25) is 14.7 Å². The lowest BCUT2D eigenvalue weighted by atomic mass is 10.1. The van der Waals surface area contributed by atoms with E-state index in [4.69, 9.17) is 16.6 Å². The Balaban J connectivity index is 1.26. The summed E-state index contributed by atoms with van der Waals surface area (Å²) in [5, 5.41) is 6.54. The minimum absolute atomic E-state index is 0.0704. The normalized spacial score (nSPS) is 23.2. The van der Waals surface area contributed by atoms with Crippen LogP contribution >= 0.6 is 23.4 Å². The third-order valence-corrected chi connectivity index (χ3v) is 8.18. The molecule has 1 aliphatic carbocycles. The van der Waals surface area contributed by atoms with E-state index < -0.39 is 0 Å². The molecule has 32 heavy (non-hydrogen) atoms. The molecule has 1 saturated heterocycles. The van der Waals surface area contributed by atoms with Gasteiger partial charge in [-0.1, -0.05) is 24.4 Å². The second-order valence-electron chi connectivity index (χ2n) is 9.45. The first-order chi connectivity index (χ1) is 15.5. The Hall–Kier alpha value is -1.54. The Labute approximate surface area is 199 Å². The van der Waals surface area contributed by atoms with Crippen LogP contribution in [0.2, 0.25) is 5.02 Å². The van der Waals surface area contributed by atoms with Crippen molar-refractivity contribution in [1.29, 1.82) is 0 Å². The predicted octanol–water partition coefficient (Wildman–Crippen LogP) is 4.24. The van der Waals surface area contributed by atoms with Crippen LogP contribution < -0.4 is 5.32 Å². The number of carbonyl (C=O) groups excluding carboxylic acids is 1. The Kier molecular flexibility index (Phi) is 6.79. The van der Waals surface area contributed by atoms with Crippen molar-refractivity contribution < 1.29 is 4.79 Å². The van der Waals surface area contributed by atoms with Crippen molar-refractivity contribution in [3.63, 3.8) is 0 Å². The van der Waals surface area contributed by atoms with E-state index in [1.54, 1.807) is 11.8 Å². The first-order valence-electron chi connectivity index (χ1n) is 11.8. The number of ketones is 1. The molecule has 1 aromatic heterocycles. The molecule has 3 aliphatic rings. The SMILES string of the molecule is CN1CCN(CC(=O)CC2CSC(c3cc4cc(Cl)cc(NC5CCCC5)c4[nH]3)=N2)CC1. The van der Waals surface area contributed by atoms with E-state index in [0.717, 1.165) is 64.3 Å². The van der Waals surface area contributed by atoms with Crippen molar-refractivity contribution in [2.24, 2.45) is 4.99 Å². The van der Waals surface area contributed by atoms with Crippen molar-refractivity contribution in [2.75, 3.05) is 50.8 Å². The lowest BCUT2D eigenvalue weighted by molar-refractivity contribution is -0.120. The Morgan fingerprint density at radius 2 is 2.00 bits per heavy atom. The summed E-state index contributed by atoms with van der Waals surface area (Å²) in [6, 6.07) is 6.76. The summed E-state index contributed by atoms with van der Waals surface area (Å²) in [6.07, 6.45) is 5.55. The molecule has 0 bridgehead atoms. The number of thioether (sulfide) groups is 1. The fraction of sp³-hybridized carbons (Fsp3) is 0.583. The van der Waals surface area contributed by atoms with E-state index in [1.165, 1.54) is 25.7 Å². The van der Waals surface area contributed by atoms with Crippen LogP contribution in [0.5, 0.6) is 0 Å². The maximum atomic E-state index is 12.6. The molecular formula is C24H32ClN5OS. The van der Waals surface area contributed by atoms with Crippen LogP contribution in [0.1, 0.15) is 37.8 Å². The van der Waals surface area contributed by atoms with E-state index in [-0.39, 0.29) is 6.04 Å². The number of halogens is 1. The van der Waals surface area contributed by atoms with Gasteiger partial charge in [-0.05, 0) is 38.1 Å². The largest absolute Gasteiger partial charge is 0.381 e. The van der Waals surface area contributed by atoms with Crippen molar-refractivity contribution in [3.05, 3.63) is 28.9 Å². The van der Waals surface area contributed by atoms with E-state index >= 15 is 0 Å². The number of carbonyl (C=O) groups is 1. The van der Waals surface area contributed by atoms with Gasteiger partial charge < -0.3 is 15.2 Å². The molecule has 1 unspecified atom stereocenters. The molecule has 1 atom stereocenters. The van der Waals surface area contributed by atoms with Gasteiger partial charge in [-0.2, -0.15) is 0 Å². The van der Waals surface area contributed by atoms with Gasteiger partial charge in [0.25, 0.3) is 0 Å². The summed E-state index contributed by atoms with van der Waals surface area (Å²) in [5.74, 6) is 1.17. The van der Waals surface area contributed by atoms with Crippen LogP contribution in [0.25, 0.3) is 10.9 Å². The van der Waals surface area contributed by atoms with Gasteiger partial charge in [-0.25, -0.2) is 0 Å². The first kappa shape index (κ1) is 22.3. The minimum atomic E-state index is 0.0704. The van der Waals surface area contributed by atoms with Crippen molar-refractivity contribution in [3.8, 4) is 0 Å². The van der Waals surface area contributed by atoms with Gasteiger partial charge in [0.05, 0.1) is 29.5 Å². The summed E-state index contributed by atoms with van der Waals surface area (Å²) in [7, 11) is 2.14. The van der Waals surface area contributed by atoms with E-state index in [9.17, 15) is 4.79 Å². The average molecular weight is 474 g/mol. The Morgan fingerprint density at radius 3 is 2.78 bits per heavy atom. The monoisotopic (exact) mass is 473 g/mol. The molecule has 172 valence electrons. The second kappa shape index (κ2) is 9.75. The van der Waals surface area contributed by atoms with Crippen LogP contribution in [0.4, 0.5) is 5.69 Å². The highest BCUT2D eigenvalue weighted by atomic mass is 35.5. The van der Waals surface area contributed by atoms with Gasteiger partial charge in [0, 0.05) is 54.8 Å². The molecule has 1 aromatic carbocycles. The number of benzene rings is 1. The molecule has 3 heterocycles. The zero-order valence-electron chi connectivity index (χ0n) is 18.7. The number of aromatic nitrogens is 1. The minimum Gasteiger partial charge on any atom is -0.381 e. The van der Waals surface area contributed by atoms with Gasteiger partial charge in [0.2, 0.25) is 0 Å². The molecule has 1 saturated carbocycles. The number of hydrogen-bond acceptors (Lipinski definition) is 6. The molecule has 5 rings (SSSR count). The summed E-state index contributed by atoms with van der Waals surface area (Å²) in [5.41, 5.74) is 3.19. The zero-order chi connectivity index (χ0) is 22.1. The van der Waals surface area contributed by atoms with Crippen molar-refractivity contribution in [1.82, 2.24) is 14.8 Å². The molecule has 2 aromatic rings. The topological polar surface area (TPSA) is 63.7 Å². The van der Waals surface area contributed by atoms with Gasteiger partial charge in [-0.15, -0.1) is 11.8 Å². The first-order valence-corrected chi connectivity index (χ1v) is 13.1. The molecule has 2 fully saturated rings. The number of aliphatic imine (C=N–C) groups is 1. The maximum absolute atomic E-state index is 12.6. The molecular weight excluding hydrogens is 442 g/mol. The predicted molar refractivity (Wildman–Crippen MR) is 136 cm³/mol. The van der Waals surface area contributed by atoms with E-state index in [1.807, 2.05) is 12.1 Å². The van der Waals surface area contributed by atoms with Crippen molar-refractivity contribution in [2.45, 2.75) is 44.2 Å². The van der Waals surface area contributed by atoms with Crippen LogP contribution in [-0.4, -0.2) is 83.2 Å². The Morgan fingerprint density at radius 1 is 1.22 bits per heavy atom. The molecule has 6 nitrogen and oxygen atoms in total. The number of likely N-dealkylation sites (N-methyl/N-ethyl adjacent to an activating group) is 1. The van der Waals surface area contributed by atoms with E-state index in [2.05, 4.69) is 33.2 Å². The third-order valence-electron chi connectivity index (χ3n) is 6.81. The third kappa shape index (κ3) is 5.16. The molecule has 2 aliphatic heterocycles. The fourth-order valence-electron chi connectivity index (χ4n) is 4.98. The average Bonchev–Trinajstić information content (AvgIpc) is 3.50. The number of rotatable bonds is 7. The number of fused-ring (bicyclic) bond motifs is 1. The smallest absolute Gasteiger partial charge is 0.149 e. The summed E-state index contributed by atoms with van der Waals surface area (Å²) < 4.78 is 0. The highest BCUT2D eigenvalue weighted by Gasteiger charge is 2.25. The molecule has 0 radical (unpaired) electrons. The van der Waals surface area contributed by atoms with Crippen LogP contribution in [0.3, 0.4) is 0 Å². The summed E-state index contributed by atoms with van der Waals surface area (Å²) in [6.45, 7) is 4.59. The number of aromatic amines is 1. The number of nitrogens with one attached hydrogen (secondary N) is 2. The highest BCUT2D eigenvalue weighted by Crippen LogP contribution is 2.33. The van der Waals surface area contributed by atoms with Crippen LogP contribution in [-0.2, 0) is 4.79 Å². The van der Waals surface area contributed by atoms with Gasteiger partial charge in [0.1, 0.15) is 10.8 Å².